The van der Waals surface area contributed by atoms with Gasteiger partial charge in [0.1, 0.15) is 0 Å². The molecule has 18 heteroatoms. The molecule has 1 heterocycles. The summed E-state index contributed by atoms with van der Waals surface area (Å²) in [5, 5.41) is 28.4. The minimum atomic E-state index is -4.46. The number of benzene rings is 4. The maximum atomic E-state index is 13.6. The van der Waals surface area contributed by atoms with Crippen molar-refractivity contribution < 1.29 is 76.4 Å². The van der Waals surface area contributed by atoms with E-state index in [4.69, 9.17) is 44.3 Å². The van der Waals surface area contributed by atoms with Crippen LogP contribution < -0.4 is 13.7 Å². The summed E-state index contributed by atoms with van der Waals surface area (Å²) in [7, 11) is -4.46. The summed E-state index contributed by atoms with van der Waals surface area (Å²) in [5.41, 5.74) is 1.33. The third-order valence-electron chi connectivity index (χ3n) is 7.67. The van der Waals surface area contributed by atoms with Crippen LogP contribution in [0, 0.1) is 32.4 Å². The Bertz CT molecular complexity index is 2020. The van der Waals surface area contributed by atoms with Crippen molar-refractivity contribution in [3.63, 3.8) is 0 Å². The Morgan fingerprint density at radius 2 is 1.29 bits per heavy atom. The van der Waals surface area contributed by atoms with E-state index in [1.54, 1.807) is 72.8 Å². The third kappa shape index (κ3) is 12.4. The van der Waals surface area contributed by atoms with Gasteiger partial charge in [-0.25, -0.2) is 0 Å². The van der Waals surface area contributed by atoms with Gasteiger partial charge in [-0.3, -0.25) is 0 Å². The van der Waals surface area contributed by atoms with E-state index in [-0.39, 0.29) is 47.3 Å². The first-order valence-electron chi connectivity index (χ1n) is 15.3. The van der Waals surface area contributed by atoms with E-state index in [0.29, 0.717) is 12.8 Å². The van der Waals surface area contributed by atoms with Crippen molar-refractivity contribution in [3.05, 3.63) is 144 Å². The van der Waals surface area contributed by atoms with Crippen LogP contribution in [0.2, 0.25) is 6.85 Å². The molecule has 0 radical (unpaired) electrons. The van der Waals surface area contributed by atoms with Crippen molar-refractivity contribution in [1.29, 1.82) is 0 Å². The fraction of sp³-hybridized carbons (Fsp3) is 0.206. The Morgan fingerprint density at radius 1 is 0.846 bits per heavy atom. The van der Waals surface area contributed by atoms with Gasteiger partial charge in [0.05, 0.1) is 5.09 Å². The molecule has 4 aromatic rings. The number of carbonyl (C=O) groups excluding carboxylic acids is 3. The number of hydrogen-bond acceptors (Lipinski definition) is 13. The summed E-state index contributed by atoms with van der Waals surface area (Å²) in [6.45, 7) is 5.26. The topological polar surface area (TPSA) is 243 Å². The van der Waals surface area contributed by atoms with E-state index in [1.807, 2.05) is 6.92 Å². The number of esters is 2. The maximum Gasteiger partial charge on any atom is 0.291 e. The van der Waals surface area contributed by atoms with Gasteiger partial charge in [-0.05, 0) is 0 Å². The molecule has 52 heavy (non-hydrogen) atoms. The van der Waals surface area contributed by atoms with E-state index < -0.39 is 62.6 Å². The molecule has 0 aromatic heterocycles. The van der Waals surface area contributed by atoms with Crippen molar-refractivity contribution in [2.75, 3.05) is 0 Å². The zero-order chi connectivity index (χ0) is 38.6. The molecular weight excluding hydrogens is 893 g/mol. The largest absolute Gasteiger partial charge is 0.356 e. The number of hydrogen-bond donors (Lipinski definition) is 1. The first kappa shape index (κ1) is 41.0. The standard InChI is InChI=1S/C34H30O8S.Hg.HNO3.NO3/c1-22(2)15-20-28-29(40-33(36)25-11-7-5-8-12-25)21-30(41-34(37)26-13-9-6-10-14-26)31(24(4)35)32(28)42-43(38,39)27-18-16-23(3)17-19-27;;2*2-1(3)4/h5-14,16-19,21H,1,15,20H2,2-4H3;;(H,2,3,4);/q;;;-1. The van der Waals surface area contributed by atoms with Gasteiger partial charge < -0.3 is 20.5 Å². The second-order valence-electron chi connectivity index (χ2n) is 11.7. The molecule has 1 saturated heterocycles. The number of ether oxygens (including phenoxy) is 2. The summed E-state index contributed by atoms with van der Waals surface area (Å²) >= 11 is -1.04. The second-order valence-corrected chi connectivity index (χ2v) is 23.8. The van der Waals surface area contributed by atoms with E-state index in [0.717, 1.165) is 5.56 Å². The molecular formula is C34H31HgN2O14S-. The van der Waals surface area contributed by atoms with Gasteiger partial charge in [-0.15, -0.1) is 10.1 Å². The van der Waals surface area contributed by atoms with Crippen molar-refractivity contribution in [2.45, 2.75) is 45.4 Å². The Morgan fingerprint density at radius 3 is 1.71 bits per heavy atom. The van der Waals surface area contributed by atoms with Crippen molar-refractivity contribution in [1.82, 2.24) is 0 Å². The molecule has 0 spiro atoms. The predicted octanol–water partition coefficient (Wildman–Crippen LogP) is 6.44. The molecule has 5 rings (SSSR count). The monoisotopic (exact) mass is 925 g/mol. The summed E-state index contributed by atoms with van der Waals surface area (Å²) < 4.78 is 46.0. The van der Waals surface area contributed by atoms with E-state index >= 15 is 0 Å². The van der Waals surface area contributed by atoms with Crippen LogP contribution in [-0.4, -0.2) is 41.5 Å². The Labute approximate surface area is 309 Å². The number of Topliss-reactive ketones (excluding diaryl/α,β-unsaturated/α-hetero) is 1. The normalized spacial score (nSPS) is 13.9. The molecule has 1 fully saturated rings. The molecule has 16 nitrogen and oxygen atoms in total. The van der Waals surface area contributed by atoms with Crippen LogP contribution in [0.3, 0.4) is 0 Å². The number of aryl methyl sites for hydroxylation is 1. The first-order chi connectivity index (χ1) is 24.4. The van der Waals surface area contributed by atoms with Gasteiger partial charge in [0.15, 0.2) is 0 Å². The molecule has 0 amide bonds. The van der Waals surface area contributed by atoms with Crippen LogP contribution >= 0.6 is 0 Å². The quantitative estimate of drug-likeness (QED) is 0.0324. The third-order valence-corrected chi connectivity index (χ3v) is 18.9. The summed E-state index contributed by atoms with van der Waals surface area (Å²) in [5.74, 6) is -2.71. The fourth-order valence-corrected chi connectivity index (χ4v) is 9.96. The fourth-order valence-electron chi connectivity index (χ4n) is 4.71. The average Bonchev–Trinajstić information content (AvgIpc) is 3.81. The second kappa shape index (κ2) is 18.2. The van der Waals surface area contributed by atoms with Crippen LogP contribution in [0.15, 0.2) is 95.9 Å². The van der Waals surface area contributed by atoms with Crippen LogP contribution in [-0.2, 0) is 41.1 Å². The number of nitrogens with zero attached hydrogens (tertiary/aromatic N) is 2. The molecule has 1 atom stereocenters. The molecule has 4 aromatic carbocycles. The van der Waals surface area contributed by atoms with Gasteiger partial charge in [-0.2, -0.15) is 0 Å². The zero-order valence-electron chi connectivity index (χ0n) is 28.0. The molecule has 1 unspecified atom stereocenters. The van der Waals surface area contributed by atoms with Crippen LogP contribution in [0.1, 0.15) is 62.5 Å². The van der Waals surface area contributed by atoms with Crippen LogP contribution in [0.4, 0.5) is 0 Å². The minimum Gasteiger partial charge on any atom is -0.356 e. The van der Waals surface area contributed by atoms with Crippen molar-refractivity contribution >= 4 is 27.8 Å². The van der Waals surface area contributed by atoms with Crippen molar-refractivity contribution in [2.24, 2.45) is 0 Å². The Balaban J connectivity index is 0.000000827. The van der Waals surface area contributed by atoms with E-state index in [9.17, 15) is 22.8 Å². The zero-order valence-corrected chi connectivity index (χ0v) is 34.4. The molecule has 1 N–H and O–H groups in total. The molecule has 0 bridgehead atoms. The summed E-state index contributed by atoms with van der Waals surface area (Å²) in [6, 6.07) is 23.8. The molecule has 1 aliphatic heterocycles. The van der Waals surface area contributed by atoms with Gasteiger partial charge in [0.2, 0.25) is 0 Å². The first-order valence-corrected chi connectivity index (χ1v) is 23.4. The van der Waals surface area contributed by atoms with E-state index in [1.165, 1.54) is 29.1 Å². The van der Waals surface area contributed by atoms with Gasteiger partial charge in [0, 0.05) is 0 Å². The molecule has 1 aliphatic rings. The Hall–Kier alpha value is -5.42. The smallest absolute Gasteiger partial charge is 0.291 e. The minimum absolute atomic E-state index is 0.0465. The number of ketones is 1. The van der Waals surface area contributed by atoms with Crippen LogP contribution in [0.25, 0.3) is 0 Å². The van der Waals surface area contributed by atoms with Crippen molar-refractivity contribution in [3.8, 4) is 17.2 Å². The van der Waals surface area contributed by atoms with E-state index in [2.05, 4.69) is 6.92 Å². The predicted molar refractivity (Wildman–Crippen MR) is 179 cm³/mol. The van der Waals surface area contributed by atoms with Gasteiger partial charge in [-0.1, -0.05) is 6.07 Å². The van der Waals surface area contributed by atoms with Gasteiger partial charge >= 0.3 is 264 Å². The Kier molecular flexibility index (Phi) is 14.3. The number of rotatable bonds is 11. The van der Waals surface area contributed by atoms with Gasteiger partial charge in [0.25, 0.3) is 5.09 Å². The number of carbonyl (C=O) groups is 3. The molecule has 0 aliphatic carbocycles. The average molecular weight is 924 g/mol. The maximum absolute atomic E-state index is 13.6. The van der Waals surface area contributed by atoms with Crippen LogP contribution in [0.5, 0.6) is 17.2 Å². The molecule has 270 valence electrons. The summed E-state index contributed by atoms with van der Waals surface area (Å²) in [6.07, 6.45) is 1.01. The molecule has 0 saturated carbocycles. The SMILES string of the molecule is CC(=O)c1c(OC(=O)c2ccccc2)cc(OC(=O)c2ccccc2)c(CC[C]2(C)[CH2][Hg]2)c1OS(=O)(=O)c1ccc(C)cc1.O=[N+]([O-])O.O=[N+]([O-])[O-]. The summed E-state index contributed by atoms with van der Waals surface area (Å²) in [4.78, 5) is 56.1.